The molecule has 0 aromatic carbocycles. The fourth-order valence-electron chi connectivity index (χ4n) is 3.35. The molecule has 2 aliphatic rings. The largest absolute Gasteiger partial charge is 0.493 e. The Hall–Kier alpha value is -3.95. The van der Waals surface area contributed by atoms with Crippen molar-refractivity contribution in [3.8, 4) is 29.2 Å². The number of nitrogens with one attached hydrogen (secondary N) is 2. The molecule has 0 spiro atoms. The van der Waals surface area contributed by atoms with E-state index in [1.54, 1.807) is 40.7 Å². The van der Waals surface area contributed by atoms with Crippen molar-refractivity contribution in [2.24, 2.45) is 5.41 Å². The van der Waals surface area contributed by atoms with Gasteiger partial charge in [0.15, 0.2) is 5.82 Å². The molecule has 0 aliphatic carbocycles. The maximum Gasteiger partial charge on any atom is 0.323 e. The number of aromatic hydroxyl groups is 1. The summed E-state index contributed by atoms with van der Waals surface area (Å²) >= 11 is 1.46. The molecule has 0 saturated carbocycles. The van der Waals surface area contributed by atoms with Crippen LogP contribution in [-0.2, 0) is 30.4 Å². The van der Waals surface area contributed by atoms with E-state index >= 15 is 0 Å². The number of rotatable bonds is 10. The predicted molar refractivity (Wildman–Crippen MR) is 146 cm³/mol. The standard InChI is InChI=1S/C27H33N5O6S/c1-6-37-22(33)9-8-20(25(35)38-7-2)28-14-18-12-17(15-39-18)10-11-32-16-29-23-19(24(32)34)13-21(30-23)31-26(36)27(3,4)5/h12-13,15-16,20,28,34H,6-9,14H2,1-5H3,(H,31,36)/t20-/m0/s1. The lowest BCUT2D eigenvalue weighted by Crippen LogP contribution is -2.38. The fourth-order valence-corrected chi connectivity index (χ4v) is 4.11. The zero-order valence-electron chi connectivity index (χ0n) is 22.7. The van der Waals surface area contributed by atoms with E-state index in [9.17, 15) is 19.5 Å². The number of aromatic nitrogens is 3. The summed E-state index contributed by atoms with van der Waals surface area (Å²) in [6.07, 6.45) is 1.72. The van der Waals surface area contributed by atoms with Crippen molar-refractivity contribution in [1.82, 2.24) is 19.9 Å². The highest BCUT2D eigenvalue weighted by Gasteiger charge is 2.24. The molecule has 0 fully saturated rings. The summed E-state index contributed by atoms with van der Waals surface area (Å²) < 4.78 is 11.3. The topological polar surface area (TPSA) is 145 Å². The smallest absolute Gasteiger partial charge is 0.323 e. The molecule has 3 rings (SSSR count). The average molecular weight is 556 g/mol. The van der Waals surface area contributed by atoms with E-state index < -0.39 is 17.4 Å². The van der Waals surface area contributed by atoms with Crippen LogP contribution >= 0.6 is 11.3 Å². The van der Waals surface area contributed by atoms with Crippen LogP contribution in [0.5, 0.6) is 5.88 Å². The van der Waals surface area contributed by atoms with Crippen LogP contribution in [0, 0.1) is 17.4 Å². The maximum atomic E-state index is 12.3. The Kier molecular flexibility index (Phi) is 10.0. The van der Waals surface area contributed by atoms with Gasteiger partial charge in [-0.1, -0.05) is 20.8 Å². The van der Waals surface area contributed by atoms with Crippen molar-refractivity contribution in [1.29, 1.82) is 0 Å². The van der Waals surface area contributed by atoms with Gasteiger partial charge in [0.25, 0.3) is 0 Å². The van der Waals surface area contributed by atoms with E-state index in [1.807, 2.05) is 11.4 Å². The summed E-state index contributed by atoms with van der Waals surface area (Å²) in [6.45, 7) is 9.75. The third-order valence-electron chi connectivity index (χ3n) is 5.45. The van der Waals surface area contributed by atoms with Crippen molar-refractivity contribution in [3.05, 3.63) is 34.3 Å². The first-order valence-electron chi connectivity index (χ1n) is 12.5. The Morgan fingerprint density at radius 2 is 1.92 bits per heavy atom. The van der Waals surface area contributed by atoms with Gasteiger partial charge < -0.3 is 19.9 Å². The molecule has 0 saturated heterocycles. The number of thiophene rings is 1. The zero-order valence-corrected chi connectivity index (χ0v) is 23.5. The van der Waals surface area contributed by atoms with E-state index in [2.05, 4.69) is 32.6 Å². The summed E-state index contributed by atoms with van der Waals surface area (Å²) in [5.41, 5.74) is 0.476. The number of hydrogen-bond acceptors (Lipinski definition) is 10. The lowest BCUT2D eigenvalue weighted by molar-refractivity contribution is -0.147. The number of carbonyl (C=O) groups excluding carboxylic acids is 3. The molecule has 208 valence electrons. The normalized spacial score (nSPS) is 11.9. The van der Waals surface area contributed by atoms with Crippen molar-refractivity contribution in [2.45, 2.75) is 60.0 Å². The Bertz CT molecular complexity index is 1350. The first-order valence-corrected chi connectivity index (χ1v) is 13.4. The Labute approximate surface area is 231 Å². The van der Waals surface area contributed by atoms with Gasteiger partial charge in [0.1, 0.15) is 18.2 Å². The molecule has 39 heavy (non-hydrogen) atoms. The summed E-state index contributed by atoms with van der Waals surface area (Å²) in [5.74, 6) is 2.45. The van der Waals surface area contributed by atoms with Crippen LogP contribution in [0.25, 0.3) is 11.4 Å². The molecule has 11 nitrogen and oxygen atoms in total. The number of amides is 1. The van der Waals surface area contributed by atoms with Crippen molar-refractivity contribution >= 4 is 35.0 Å². The molecule has 2 aliphatic heterocycles. The van der Waals surface area contributed by atoms with Gasteiger partial charge >= 0.3 is 11.9 Å². The Morgan fingerprint density at radius 3 is 2.62 bits per heavy atom. The highest BCUT2D eigenvalue weighted by Crippen LogP contribution is 2.31. The van der Waals surface area contributed by atoms with Crippen LogP contribution < -0.4 is 10.6 Å². The van der Waals surface area contributed by atoms with Crippen LogP contribution in [0.2, 0.25) is 0 Å². The predicted octanol–water partition coefficient (Wildman–Crippen LogP) is 3.36. The lowest BCUT2D eigenvalue weighted by atomic mass is 9.96. The van der Waals surface area contributed by atoms with E-state index in [0.717, 1.165) is 4.88 Å². The summed E-state index contributed by atoms with van der Waals surface area (Å²) in [6, 6.07) is 5.63. The van der Waals surface area contributed by atoms with Crippen LogP contribution in [0.1, 0.15) is 57.9 Å². The molecular weight excluding hydrogens is 522 g/mol. The lowest BCUT2D eigenvalue weighted by Gasteiger charge is -2.16. The van der Waals surface area contributed by atoms with Crippen LogP contribution in [-0.4, -0.2) is 56.7 Å². The second-order valence-corrected chi connectivity index (χ2v) is 10.6. The van der Waals surface area contributed by atoms with Crippen LogP contribution in [0.15, 0.2) is 23.8 Å². The number of hydrogen-bond donors (Lipinski definition) is 3. The van der Waals surface area contributed by atoms with E-state index in [-0.39, 0.29) is 49.6 Å². The molecular formula is C27H33N5O6S. The van der Waals surface area contributed by atoms with Gasteiger partial charge in [-0.2, -0.15) is 0 Å². The monoisotopic (exact) mass is 555 g/mol. The average Bonchev–Trinajstić information content (AvgIpc) is 3.50. The van der Waals surface area contributed by atoms with Gasteiger partial charge in [-0.15, -0.1) is 11.3 Å². The highest BCUT2D eigenvalue weighted by molar-refractivity contribution is 7.10. The van der Waals surface area contributed by atoms with Crippen LogP contribution in [0.4, 0.5) is 5.82 Å². The van der Waals surface area contributed by atoms with Gasteiger partial charge in [0.05, 0.1) is 18.8 Å². The molecule has 0 radical (unpaired) electrons. The third-order valence-corrected chi connectivity index (χ3v) is 6.38. The number of anilines is 1. The summed E-state index contributed by atoms with van der Waals surface area (Å²) in [7, 11) is 0. The Balaban J connectivity index is 1.67. The molecule has 0 unspecified atom stereocenters. The number of ether oxygens (including phenoxy) is 2. The van der Waals surface area contributed by atoms with Crippen molar-refractivity contribution in [2.75, 3.05) is 18.5 Å². The first-order chi connectivity index (χ1) is 18.5. The maximum absolute atomic E-state index is 12.3. The van der Waals surface area contributed by atoms with Gasteiger partial charge in [0.2, 0.25) is 11.8 Å². The van der Waals surface area contributed by atoms with Gasteiger partial charge in [-0.25, -0.2) is 14.5 Å². The molecule has 12 heteroatoms. The minimum atomic E-state index is -0.646. The second kappa shape index (κ2) is 13.2. The third kappa shape index (κ3) is 8.27. The molecule has 1 aromatic heterocycles. The quantitative estimate of drug-likeness (QED) is 0.253. The second-order valence-electron chi connectivity index (χ2n) is 9.59. The number of carbonyl (C=O) groups is 3. The molecule has 1 amide bonds. The molecule has 1 atom stereocenters. The molecule has 0 bridgehead atoms. The zero-order chi connectivity index (χ0) is 28.6. The highest BCUT2D eigenvalue weighted by atomic mass is 32.1. The van der Waals surface area contributed by atoms with E-state index in [1.165, 1.54) is 22.2 Å². The number of esters is 2. The van der Waals surface area contributed by atoms with Crippen molar-refractivity contribution < 1.29 is 29.0 Å². The van der Waals surface area contributed by atoms with Gasteiger partial charge in [0, 0.05) is 40.2 Å². The van der Waals surface area contributed by atoms with Crippen LogP contribution in [0.3, 0.4) is 0 Å². The molecule has 3 N–H and O–H groups in total. The fraction of sp³-hybridized carbons (Fsp3) is 0.444. The minimum Gasteiger partial charge on any atom is -0.493 e. The number of fused-ring (bicyclic) bond motifs is 1. The van der Waals surface area contributed by atoms with E-state index in [4.69, 9.17) is 9.47 Å². The van der Waals surface area contributed by atoms with Gasteiger partial charge in [-0.05, 0) is 38.3 Å². The molecule has 1 aromatic rings. The summed E-state index contributed by atoms with van der Waals surface area (Å²) in [4.78, 5) is 45.7. The summed E-state index contributed by atoms with van der Waals surface area (Å²) in [5, 5.41) is 18.4. The SMILES string of the molecule is CCOC(=O)CC[C@H](NCc1cc(C#Cn2cnc3nc(NC(=O)C(C)(C)C)cc-3c2O)cs1)C(=O)OCC. The minimum absolute atomic E-state index is 0.105. The first kappa shape index (κ1) is 29.6. The Morgan fingerprint density at radius 1 is 1.18 bits per heavy atom. The van der Waals surface area contributed by atoms with Gasteiger partial charge in [-0.3, -0.25) is 19.7 Å². The number of nitrogens with zero attached hydrogens (tertiary/aromatic N) is 3. The molecule has 3 heterocycles. The van der Waals surface area contributed by atoms with Crippen molar-refractivity contribution in [3.63, 3.8) is 0 Å². The van der Waals surface area contributed by atoms with E-state index in [0.29, 0.717) is 23.5 Å².